The lowest BCUT2D eigenvalue weighted by Gasteiger charge is -2.24. The van der Waals surface area contributed by atoms with Crippen LogP contribution in [-0.4, -0.2) is 41.9 Å². The number of hydrogen-bond donors (Lipinski definition) is 2. The molecule has 0 saturated carbocycles. The maximum Gasteiger partial charge on any atom is 0.0558 e. The molecule has 3 nitrogen and oxygen atoms in total. The van der Waals surface area contributed by atoms with E-state index < -0.39 is 0 Å². The molecule has 3 aromatic rings. The van der Waals surface area contributed by atoms with Crippen molar-refractivity contribution in [2.45, 2.75) is 38.6 Å². The monoisotopic (exact) mass is 419 g/mol. The highest BCUT2D eigenvalue weighted by molar-refractivity contribution is 5.29. The molecule has 3 rings (SSSR count). The van der Waals surface area contributed by atoms with Gasteiger partial charge >= 0.3 is 0 Å². The second-order valence-corrected chi connectivity index (χ2v) is 7.87. The molecule has 1 atom stereocenters. The predicted molar refractivity (Wildman–Crippen MR) is 130 cm³/mol. The molecule has 0 aliphatic rings. The first-order chi connectivity index (χ1) is 15.3. The summed E-state index contributed by atoms with van der Waals surface area (Å²) in [5, 5.41) is 16.5. The van der Waals surface area contributed by atoms with Crippen LogP contribution in [0.3, 0.4) is 0 Å². The highest BCUT2D eigenvalue weighted by Gasteiger charge is 2.14. The van der Waals surface area contributed by atoms with Crippen molar-refractivity contribution in [3.8, 4) is 0 Å². The second-order valence-electron chi connectivity index (χ2n) is 7.87. The van der Waals surface area contributed by atoms with Gasteiger partial charge in [-0.3, -0.25) is 4.90 Å². The summed E-state index contributed by atoms with van der Waals surface area (Å²) in [7, 11) is 1.00. The third kappa shape index (κ3) is 8.66. The van der Waals surface area contributed by atoms with Gasteiger partial charge in [-0.1, -0.05) is 84.9 Å². The van der Waals surface area contributed by atoms with Gasteiger partial charge in [0.2, 0.25) is 0 Å². The highest BCUT2D eigenvalue weighted by Crippen LogP contribution is 2.27. The van der Waals surface area contributed by atoms with Crippen LogP contribution >= 0.6 is 0 Å². The summed E-state index contributed by atoms with van der Waals surface area (Å²) in [5.41, 5.74) is 5.55. The third-order valence-corrected chi connectivity index (χ3v) is 5.69. The van der Waals surface area contributed by atoms with E-state index in [2.05, 4.69) is 96.8 Å². The summed E-state index contributed by atoms with van der Waals surface area (Å²) in [6, 6.07) is 30.2. The number of aliphatic hydroxyl groups is 2. The van der Waals surface area contributed by atoms with Crippen LogP contribution in [-0.2, 0) is 13.0 Å². The van der Waals surface area contributed by atoms with Crippen LogP contribution in [0.2, 0.25) is 0 Å². The minimum atomic E-state index is 0.207. The SMILES string of the molecule is CO.Cc1ccccc1C[C@H](CCCN(CCO)Cc1ccccc1)c1ccccc1. The Labute approximate surface area is 188 Å². The Balaban J connectivity index is 0.00000166. The van der Waals surface area contributed by atoms with Gasteiger partial charge in [-0.05, 0) is 60.9 Å². The van der Waals surface area contributed by atoms with E-state index >= 15 is 0 Å². The van der Waals surface area contributed by atoms with Crippen LogP contribution in [0.4, 0.5) is 0 Å². The van der Waals surface area contributed by atoms with Crippen molar-refractivity contribution in [2.24, 2.45) is 0 Å². The molecule has 31 heavy (non-hydrogen) atoms. The first-order valence-corrected chi connectivity index (χ1v) is 11.2. The van der Waals surface area contributed by atoms with Crippen LogP contribution in [0.15, 0.2) is 84.9 Å². The fourth-order valence-corrected chi connectivity index (χ4v) is 4.03. The molecular weight excluding hydrogens is 382 g/mol. The number of benzene rings is 3. The van der Waals surface area contributed by atoms with Crippen LogP contribution < -0.4 is 0 Å². The Morgan fingerprint density at radius 1 is 0.774 bits per heavy atom. The quantitative estimate of drug-likeness (QED) is 0.449. The molecule has 0 amide bonds. The molecule has 3 heteroatoms. The molecule has 0 aliphatic carbocycles. The number of rotatable bonds is 11. The van der Waals surface area contributed by atoms with Gasteiger partial charge in [0, 0.05) is 20.2 Å². The van der Waals surface area contributed by atoms with E-state index in [1.807, 2.05) is 0 Å². The van der Waals surface area contributed by atoms with Gasteiger partial charge in [-0.25, -0.2) is 0 Å². The first kappa shape index (κ1) is 24.8. The van der Waals surface area contributed by atoms with E-state index in [1.54, 1.807) is 0 Å². The summed E-state index contributed by atoms with van der Waals surface area (Å²) in [5.74, 6) is 0.519. The zero-order valence-corrected chi connectivity index (χ0v) is 19.0. The molecule has 0 aromatic heterocycles. The van der Waals surface area contributed by atoms with Crippen LogP contribution in [0.25, 0.3) is 0 Å². The molecule has 0 radical (unpaired) electrons. The Kier molecular flexibility index (Phi) is 11.6. The Morgan fingerprint density at radius 2 is 1.39 bits per heavy atom. The molecule has 0 bridgehead atoms. The molecule has 0 heterocycles. The normalized spacial score (nSPS) is 11.6. The predicted octanol–water partition coefficient (Wildman–Crippen LogP) is 5.20. The Bertz CT molecular complexity index is 836. The maximum absolute atomic E-state index is 9.48. The van der Waals surface area contributed by atoms with Gasteiger partial charge in [0.1, 0.15) is 0 Å². The summed E-state index contributed by atoms with van der Waals surface area (Å²) < 4.78 is 0. The molecule has 2 N–H and O–H groups in total. The van der Waals surface area contributed by atoms with Crippen LogP contribution in [0.1, 0.15) is 41.0 Å². The highest BCUT2D eigenvalue weighted by atomic mass is 16.3. The molecule has 0 aliphatic heterocycles. The van der Waals surface area contributed by atoms with E-state index in [1.165, 1.54) is 22.3 Å². The van der Waals surface area contributed by atoms with E-state index in [4.69, 9.17) is 5.11 Å². The van der Waals surface area contributed by atoms with Crippen molar-refractivity contribution in [3.05, 3.63) is 107 Å². The van der Waals surface area contributed by atoms with E-state index in [-0.39, 0.29) is 6.61 Å². The van der Waals surface area contributed by atoms with Crippen LogP contribution in [0.5, 0.6) is 0 Å². The molecule has 0 spiro atoms. The summed E-state index contributed by atoms with van der Waals surface area (Å²) >= 11 is 0. The topological polar surface area (TPSA) is 43.7 Å². The van der Waals surface area contributed by atoms with Crippen molar-refractivity contribution in [1.29, 1.82) is 0 Å². The summed E-state index contributed by atoms with van der Waals surface area (Å²) in [6.45, 7) is 5.04. The number of hydrogen-bond acceptors (Lipinski definition) is 3. The fourth-order valence-electron chi connectivity index (χ4n) is 4.03. The standard InChI is InChI=1S/C27H33NO.CH4O/c1-23-11-8-9-16-26(23)21-27(25-14-6-3-7-15-25)17-10-18-28(19-20-29)22-24-12-4-2-5-13-24;1-2/h2-9,11-16,27,29H,10,17-22H2,1H3;2H,1H3/t27-;/m0./s1. The molecule has 0 saturated heterocycles. The molecule has 166 valence electrons. The largest absolute Gasteiger partial charge is 0.400 e. The lowest BCUT2D eigenvalue weighted by molar-refractivity contribution is 0.186. The van der Waals surface area contributed by atoms with Gasteiger partial charge in [0.25, 0.3) is 0 Å². The molecule has 0 fully saturated rings. The number of aryl methyl sites for hydroxylation is 1. The van der Waals surface area contributed by atoms with Crippen molar-refractivity contribution >= 4 is 0 Å². The van der Waals surface area contributed by atoms with Crippen molar-refractivity contribution in [3.63, 3.8) is 0 Å². The smallest absolute Gasteiger partial charge is 0.0558 e. The average molecular weight is 420 g/mol. The van der Waals surface area contributed by atoms with Gasteiger partial charge in [0.05, 0.1) is 6.61 Å². The number of nitrogens with zero attached hydrogens (tertiary/aromatic N) is 1. The Morgan fingerprint density at radius 3 is 2.03 bits per heavy atom. The molecule has 0 unspecified atom stereocenters. The molecular formula is C28H37NO2. The summed E-state index contributed by atoms with van der Waals surface area (Å²) in [4.78, 5) is 2.37. The van der Waals surface area contributed by atoms with Gasteiger partial charge in [-0.15, -0.1) is 0 Å². The van der Waals surface area contributed by atoms with Gasteiger partial charge in [-0.2, -0.15) is 0 Å². The van der Waals surface area contributed by atoms with Crippen molar-refractivity contribution in [1.82, 2.24) is 4.90 Å². The van der Waals surface area contributed by atoms with E-state index in [0.29, 0.717) is 5.92 Å². The zero-order chi connectivity index (χ0) is 22.3. The summed E-state index contributed by atoms with van der Waals surface area (Å²) in [6.07, 6.45) is 3.35. The van der Waals surface area contributed by atoms with Crippen LogP contribution in [0, 0.1) is 6.92 Å². The van der Waals surface area contributed by atoms with Crippen molar-refractivity contribution < 1.29 is 10.2 Å². The lowest BCUT2D eigenvalue weighted by Crippen LogP contribution is -2.28. The first-order valence-electron chi connectivity index (χ1n) is 11.2. The van der Waals surface area contributed by atoms with E-state index in [0.717, 1.165) is 46.0 Å². The second kappa shape index (κ2) is 14.5. The lowest BCUT2D eigenvalue weighted by atomic mass is 9.87. The number of aliphatic hydroxyl groups excluding tert-OH is 2. The van der Waals surface area contributed by atoms with Crippen molar-refractivity contribution in [2.75, 3.05) is 26.8 Å². The fraction of sp³-hybridized carbons (Fsp3) is 0.357. The maximum atomic E-state index is 9.48. The third-order valence-electron chi connectivity index (χ3n) is 5.69. The minimum Gasteiger partial charge on any atom is -0.400 e. The Hall–Kier alpha value is -2.46. The molecule has 3 aromatic carbocycles. The zero-order valence-electron chi connectivity index (χ0n) is 19.0. The minimum absolute atomic E-state index is 0.207. The van der Waals surface area contributed by atoms with E-state index in [9.17, 15) is 5.11 Å². The average Bonchev–Trinajstić information content (AvgIpc) is 2.82. The van der Waals surface area contributed by atoms with Gasteiger partial charge in [0.15, 0.2) is 0 Å². The van der Waals surface area contributed by atoms with Gasteiger partial charge < -0.3 is 10.2 Å².